The van der Waals surface area contributed by atoms with Crippen molar-refractivity contribution in [3.63, 3.8) is 0 Å². The van der Waals surface area contributed by atoms with E-state index in [-0.39, 0.29) is 10.8 Å². The number of halogens is 2. The zero-order chi connectivity index (χ0) is 18.0. The number of ether oxygens (including phenoxy) is 1. The molecule has 2 aromatic heterocycles. The Morgan fingerprint density at radius 3 is 2.76 bits per heavy atom. The van der Waals surface area contributed by atoms with Crippen LogP contribution in [0.2, 0.25) is 5.15 Å². The van der Waals surface area contributed by atoms with E-state index in [1.165, 1.54) is 44.9 Å². The topological polar surface area (TPSA) is 63.9 Å². The van der Waals surface area contributed by atoms with Crippen LogP contribution in [0.4, 0.5) is 10.1 Å². The molecule has 0 saturated carbocycles. The number of hydrogen-bond donors (Lipinski definition) is 0. The molecule has 0 N–H and O–H groups in total. The largest absolute Gasteiger partial charge is 0.451 e. The molecule has 0 aliphatic carbocycles. The lowest BCUT2D eigenvalue weighted by Gasteiger charge is -2.20. The second-order valence-corrected chi connectivity index (χ2v) is 6.23. The maximum absolute atomic E-state index is 13.0. The van der Waals surface area contributed by atoms with Crippen LogP contribution in [0.1, 0.15) is 17.4 Å². The van der Waals surface area contributed by atoms with Crippen LogP contribution in [0.5, 0.6) is 0 Å². The Kier molecular flexibility index (Phi) is 5.00. The molecule has 0 radical (unpaired) electrons. The third-order valence-corrected chi connectivity index (χ3v) is 4.52. The van der Waals surface area contributed by atoms with Crippen molar-refractivity contribution in [2.24, 2.45) is 0 Å². The first kappa shape index (κ1) is 17.4. The van der Waals surface area contributed by atoms with Gasteiger partial charge in [0.05, 0.1) is 0 Å². The molecule has 0 aliphatic heterocycles. The highest BCUT2D eigenvalue weighted by Crippen LogP contribution is 2.22. The van der Waals surface area contributed by atoms with Gasteiger partial charge in [-0.2, -0.15) is 0 Å². The summed E-state index contributed by atoms with van der Waals surface area (Å²) in [6, 6.07) is 5.50. The number of benzene rings is 1. The van der Waals surface area contributed by atoms with Gasteiger partial charge in [0.1, 0.15) is 5.82 Å². The van der Waals surface area contributed by atoms with Crippen molar-refractivity contribution < 1.29 is 18.7 Å². The summed E-state index contributed by atoms with van der Waals surface area (Å²) in [4.78, 5) is 30.6. The molecule has 3 aromatic rings. The first-order chi connectivity index (χ1) is 12.0. The SMILES string of the molecule is CCN(C(=O)COC(=O)c1c(Cl)nc2sccn12)c1ccc(F)cc1. The summed E-state index contributed by atoms with van der Waals surface area (Å²) in [6.45, 7) is 1.66. The number of esters is 1. The normalized spacial score (nSPS) is 10.8. The average molecular weight is 382 g/mol. The minimum atomic E-state index is -0.737. The minimum Gasteiger partial charge on any atom is -0.451 e. The average Bonchev–Trinajstić information content (AvgIpc) is 3.15. The molecule has 0 spiro atoms. The van der Waals surface area contributed by atoms with Crippen LogP contribution in [-0.4, -0.2) is 34.4 Å². The van der Waals surface area contributed by atoms with Crippen LogP contribution in [0.3, 0.4) is 0 Å². The number of aromatic nitrogens is 2. The first-order valence-corrected chi connectivity index (χ1v) is 8.61. The van der Waals surface area contributed by atoms with Gasteiger partial charge in [-0.1, -0.05) is 11.6 Å². The number of imidazole rings is 1. The number of thiazole rings is 1. The quantitative estimate of drug-likeness (QED) is 0.635. The van der Waals surface area contributed by atoms with E-state index in [2.05, 4.69) is 4.98 Å². The Morgan fingerprint density at radius 1 is 1.36 bits per heavy atom. The summed E-state index contributed by atoms with van der Waals surface area (Å²) < 4.78 is 19.6. The Labute approximate surface area is 151 Å². The molecule has 130 valence electrons. The van der Waals surface area contributed by atoms with E-state index in [1.807, 2.05) is 0 Å². The molecular formula is C16H13ClFN3O3S. The number of amides is 1. The number of rotatable bonds is 5. The van der Waals surface area contributed by atoms with Crippen LogP contribution < -0.4 is 4.90 Å². The fourth-order valence-electron chi connectivity index (χ4n) is 2.34. The van der Waals surface area contributed by atoms with Gasteiger partial charge < -0.3 is 9.64 Å². The lowest BCUT2D eigenvalue weighted by molar-refractivity contribution is -0.121. The number of likely N-dealkylation sites (N-methyl/N-ethyl adjacent to an activating group) is 1. The van der Waals surface area contributed by atoms with Gasteiger partial charge in [-0.05, 0) is 31.2 Å². The predicted molar refractivity (Wildman–Crippen MR) is 92.8 cm³/mol. The fourth-order valence-corrected chi connectivity index (χ4v) is 3.35. The van der Waals surface area contributed by atoms with E-state index in [0.717, 1.165) is 0 Å². The van der Waals surface area contributed by atoms with Crippen molar-refractivity contribution >= 4 is 45.5 Å². The molecule has 0 atom stereocenters. The van der Waals surface area contributed by atoms with E-state index in [1.54, 1.807) is 18.5 Å². The number of hydrogen-bond acceptors (Lipinski definition) is 5. The molecule has 0 saturated heterocycles. The number of carbonyl (C=O) groups excluding carboxylic acids is 2. The van der Waals surface area contributed by atoms with E-state index >= 15 is 0 Å². The van der Waals surface area contributed by atoms with E-state index in [9.17, 15) is 14.0 Å². The van der Waals surface area contributed by atoms with Gasteiger partial charge in [-0.25, -0.2) is 14.2 Å². The molecule has 3 rings (SSSR count). The highest BCUT2D eigenvalue weighted by Gasteiger charge is 2.22. The highest BCUT2D eigenvalue weighted by molar-refractivity contribution is 7.15. The molecule has 1 amide bonds. The number of fused-ring (bicyclic) bond motifs is 1. The van der Waals surface area contributed by atoms with Crippen molar-refractivity contribution in [3.8, 4) is 0 Å². The monoisotopic (exact) mass is 381 g/mol. The summed E-state index contributed by atoms with van der Waals surface area (Å²) in [5.74, 6) is -1.56. The number of nitrogens with zero attached hydrogens (tertiary/aromatic N) is 3. The molecule has 2 heterocycles. The molecule has 9 heteroatoms. The Hall–Kier alpha value is -2.45. The summed E-state index contributed by atoms with van der Waals surface area (Å²) >= 11 is 7.29. The number of anilines is 1. The highest BCUT2D eigenvalue weighted by atomic mass is 35.5. The third kappa shape index (κ3) is 3.49. The number of carbonyl (C=O) groups is 2. The van der Waals surface area contributed by atoms with Gasteiger partial charge in [0.25, 0.3) is 5.91 Å². The zero-order valence-electron chi connectivity index (χ0n) is 13.1. The van der Waals surface area contributed by atoms with Crippen LogP contribution >= 0.6 is 22.9 Å². The maximum atomic E-state index is 13.0. The van der Waals surface area contributed by atoms with Crippen molar-refractivity contribution in [1.82, 2.24) is 9.38 Å². The molecule has 1 aromatic carbocycles. The standard InChI is InChI=1S/C16H13ClFN3O3S/c1-2-20(11-5-3-10(18)4-6-11)12(22)9-24-15(23)13-14(17)19-16-21(13)7-8-25-16/h3-8H,2,9H2,1H3. The molecule has 6 nitrogen and oxygen atoms in total. The third-order valence-electron chi connectivity index (χ3n) is 3.50. The Balaban J connectivity index is 1.70. The second-order valence-electron chi connectivity index (χ2n) is 5.00. The lowest BCUT2D eigenvalue weighted by Crippen LogP contribution is -2.34. The van der Waals surface area contributed by atoms with Crippen LogP contribution in [0.15, 0.2) is 35.8 Å². The Bertz CT molecular complexity index is 923. The van der Waals surface area contributed by atoms with E-state index in [4.69, 9.17) is 16.3 Å². The first-order valence-electron chi connectivity index (χ1n) is 7.35. The van der Waals surface area contributed by atoms with Gasteiger partial charge >= 0.3 is 5.97 Å². The van der Waals surface area contributed by atoms with Gasteiger partial charge in [0.15, 0.2) is 22.4 Å². The van der Waals surface area contributed by atoms with Gasteiger partial charge in [0.2, 0.25) is 0 Å². The van der Waals surface area contributed by atoms with Gasteiger partial charge in [0, 0.05) is 23.8 Å². The zero-order valence-corrected chi connectivity index (χ0v) is 14.7. The van der Waals surface area contributed by atoms with Gasteiger partial charge in [-0.3, -0.25) is 9.20 Å². The smallest absolute Gasteiger partial charge is 0.359 e. The van der Waals surface area contributed by atoms with Crippen molar-refractivity contribution in [3.05, 3.63) is 52.5 Å². The maximum Gasteiger partial charge on any atom is 0.359 e. The van der Waals surface area contributed by atoms with E-state index < -0.39 is 24.3 Å². The molecule has 0 unspecified atom stereocenters. The summed E-state index contributed by atoms with van der Waals surface area (Å²) in [5, 5.41) is 1.78. The predicted octanol–water partition coefficient (Wildman–Crippen LogP) is 3.40. The van der Waals surface area contributed by atoms with Crippen LogP contribution in [-0.2, 0) is 9.53 Å². The van der Waals surface area contributed by atoms with Crippen molar-refractivity contribution in [2.75, 3.05) is 18.1 Å². The summed E-state index contributed by atoms with van der Waals surface area (Å²) in [5.41, 5.74) is 0.600. The lowest BCUT2D eigenvalue weighted by atomic mass is 10.2. The molecular weight excluding hydrogens is 369 g/mol. The summed E-state index contributed by atoms with van der Waals surface area (Å²) in [6.07, 6.45) is 1.65. The van der Waals surface area contributed by atoms with Crippen molar-refractivity contribution in [1.29, 1.82) is 0 Å². The van der Waals surface area contributed by atoms with Gasteiger partial charge in [-0.15, -0.1) is 11.3 Å². The van der Waals surface area contributed by atoms with Crippen LogP contribution in [0.25, 0.3) is 4.96 Å². The molecule has 0 fully saturated rings. The Morgan fingerprint density at radius 2 is 2.08 bits per heavy atom. The van der Waals surface area contributed by atoms with Crippen molar-refractivity contribution in [2.45, 2.75) is 6.92 Å². The molecule has 0 bridgehead atoms. The fraction of sp³-hybridized carbons (Fsp3) is 0.188. The minimum absolute atomic E-state index is 0.0233. The molecule has 25 heavy (non-hydrogen) atoms. The van der Waals surface area contributed by atoms with Crippen LogP contribution in [0, 0.1) is 5.82 Å². The summed E-state index contributed by atoms with van der Waals surface area (Å²) in [7, 11) is 0. The molecule has 0 aliphatic rings. The second kappa shape index (κ2) is 7.20. The van der Waals surface area contributed by atoms with E-state index in [0.29, 0.717) is 17.2 Å².